The first-order valence-electron chi connectivity index (χ1n) is 10.4. The zero-order valence-electron chi connectivity index (χ0n) is 19.2. The number of terminal acetylenes is 1. The van der Waals surface area contributed by atoms with Crippen LogP contribution in [0.3, 0.4) is 0 Å². The highest BCUT2D eigenvalue weighted by Crippen LogP contribution is 2.40. The SMILES string of the molecule is C#CCOc1cnc2c(Nc3ccc(F)c(C[C@@](C)(SC(N)=NC)[C@@H](O)C(F)(F)F)c3)nccc2n1. The lowest BCUT2D eigenvalue weighted by molar-refractivity contribution is -0.212. The lowest BCUT2D eigenvalue weighted by Crippen LogP contribution is -2.49. The van der Waals surface area contributed by atoms with Crippen molar-refractivity contribution in [1.29, 1.82) is 0 Å². The van der Waals surface area contributed by atoms with E-state index < -0.39 is 29.3 Å². The maximum atomic E-state index is 14.7. The number of nitrogens with zero attached hydrogens (tertiary/aromatic N) is 4. The molecule has 0 saturated heterocycles. The number of aliphatic hydroxyl groups is 1. The molecule has 0 fully saturated rings. The van der Waals surface area contributed by atoms with Crippen molar-refractivity contribution in [2.75, 3.05) is 19.0 Å². The number of rotatable bonds is 8. The molecule has 13 heteroatoms. The number of ether oxygens (including phenoxy) is 1. The molecule has 2 atom stereocenters. The number of benzene rings is 1. The molecule has 4 N–H and O–H groups in total. The van der Waals surface area contributed by atoms with Crippen molar-refractivity contribution < 1.29 is 27.4 Å². The molecule has 0 spiro atoms. The van der Waals surface area contributed by atoms with Gasteiger partial charge in [-0.2, -0.15) is 13.2 Å². The Labute approximate surface area is 208 Å². The number of hydrogen-bond donors (Lipinski definition) is 3. The topological polar surface area (TPSA) is 119 Å². The van der Waals surface area contributed by atoms with E-state index in [4.69, 9.17) is 16.9 Å². The lowest BCUT2D eigenvalue weighted by Gasteiger charge is -2.34. The number of aliphatic hydroxyl groups excluding tert-OH is 1. The summed E-state index contributed by atoms with van der Waals surface area (Å²) in [6.07, 6.45) is -0.259. The number of aromatic nitrogens is 3. The molecule has 190 valence electrons. The molecule has 2 aromatic heterocycles. The third-order valence-electron chi connectivity index (χ3n) is 5.04. The van der Waals surface area contributed by atoms with Crippen LogP contribution in [-0.2, 0) is 6.42 Å². The number of halogens is 4. The second kappa shape index (κ2) is 11.0. The van der Waals surface area contributed by atoms with Crippen LogP contribution in [0.5, 0.6) is 5.88 Å². The predicted molar refractivity (Wildman–Crippen MR) is 131 cm³/mol. The minimum atomic E-state index is -4.96. The zero-order valence-corrected chi connectivity index (χ0v) is 20.0. The number of aliphatic imine (C=N–C) groups is 1. The van der Waals surface area contributed by atoms with Gasteiger partial charge in [-0.25, -0.2) is 19.3 Å². The monoisotopic (exact) mass is 522 g/mol. The first-order chi connectivity index (χ1) is 17.0. The summed E-state index contributed by atoms with van der Waals surface area (Å²) in [5.41, 5.74) is 6.70. The van der Waals surface area contributed by atoms with Crippen LogP contribution in [0.4, 0.5) is 29.1 Å². The van der Waals surface area contributed by atoms with Gasteiger partial charge in [0.15, 0.2) is 23.7 Å². The number of amidine groups is 1. The van der Waals surface area contributed by atoms with E-state index in [1.54, 1.807) is 6.07 Å². The van der Waals surface area contributed by atoms with Gasteiger partial charge >= 0.3 is 6.18 Å². The minimum absolute atomic E-state index is 0.0186. The van der Waals surface area contributed by atoms with E-state index in [1.165, 1.54) is 31.6 Å². The molecule has 0 aliphatic carbocycles. The summed E-state index contributed by atoms with van der Waals surface area (Å²) in [6.45, 7) is 1.17. The van der Waals surface area contributed by atoms with Gasteiger partial charge in [0.2, 0.25) is 5.88 Å². The molecule has 3 aromatic rings. The Hall–Kier alpha value is -3.63. The Morgan fingerprint density at radius 2 is 2.08 bits per heavy atom. The van der Waals surface area contributed by atoms with Gasteiger partial charge in [0.05, 0.1) is 16.5 Å². The van der Waals surface area contributed by atoms with Gasteiger partial charge in [0, 0.05) is 18.9 Å². The third-order valence-corrected chi connectivity index (χ3v) is 6.26. The van der Waals surface area contributed by atoms with Gasteiger partial charge in [0.1, 0.15) is 11.3 Å². The van der Waals surface area contributed by atoms with Gasteiger partial charge in [0.25, 0.3) is 0 Å². The number of hydrogen-bond acceptors (Lipinski definition) is 8. The van der Waals surface area contributed by atoms with E-state index in [0.717, 1.165) is 13.0 Å². The largest absolute Gasteiger partial charge is 0.463 e. The van der Waals surface area contributed by atoms with E-state index >= 15 is 0 Å². The normalized spacial score (nSPS) is 14.7. The summed E-state index contributed by atoms with van der Waals surface area (Å²) < 4.78 is 58.3. The summed E-state index contributed by atoms with van der Waals surface area (Å²) in [7, 11) is 1.30. The fraction of sp³-hybridized carbons (Fsp3) is 0.304. The number of anilines is 2. The van der Waals surface area contributed by atoms with Crippen LogP contribution in [0.1, 0.15) is 12.5 Å². The van der Waals surface area contributed by atoms with Gasteiger partial charge in [-0.1, -0.05) is 17.7 Å². The summed E-state index contributed by atoms with van der Waals surface area (Å²) in [5.74, 6) is 2.06. The smallest absolute Gasteiger partial charge is 0.415 e. The first-order valence-corrected chi connectivity index (χ1v) is 11.2. The number of thioether (sulfide) groups is 1. The molecule has 8 nitrogen and oxygen atoms in total. The lowest BCUT2D eigenvalue weighted by atomic mass is 9.93. The van der Waals surface area contributed by atoms with Crippen molar-refractivity contribution in [3.05, 3.63) is 48.0 Å². The Kier molecular flexibility index (Phi) is 8.21. The molecule has 2 heterocycles. The predicted octanol–water partition coefficient (Wildman–Crippen LogP) is 3.82. The minimum Gasteiger partial charge on any atom is -0.463 e. The molecule has 0 amide bonds. The van der Waals surface area contributed by atoms with Gasteiger partial charge in [-0.05, 0) is 43.2 Å². The average Bonchev–Trinajstić information content (AvgIpc) is 2.83. The molecular weight excluding hydrogens is 500 g/mol. The van der Waals surface area contributed by atoms with Crippen LogP contribution in [0.2, 0.25) is 0 Å². The molecule has 0 aliphatic rings. The van der Waals surface area contributed by atoms with Crippen LogP contribution in [0.25, 0.3) is 11.0 Å². The fourth-order valence-corrected chi connectivity index (χ4v) is 4.37. The number of nitrogens with one attached hydrogen (secondary N) is 1. The number of fused-ring (bicyclic) bond motifs is 1. The average molecular weight is 523 g/mol. The van der Waals surface area contributed by atoms with Crippen LogP contribution in [0, 0.1) is 18.2 Å². The highest BCUT2D eigenvalue weighted by molar-refractivity contribution is 8.15. The van der Waals surface area contributed by atoms with Crippen molar-refractivity contribution in [3.8, 4) is 18.2 Å². The molecule has 0 aliphatic heterocycles. The zero-order chi connectivity index (χ0) is 26.5. The second-order valence-electron chi connectivity index (χ2n) is 7.76. The van der Waals surface area contributed by atoms with E-state index in [1.807, 2.05) is 0 Å². The number of nitrogens with two attached hydrogens (primary N) is 1. The summed E-state index contributed by atoms with van der Waals surface area (Å²) in [4.78, 5) is 16.5. The van der Waals surface area contributed by atoms with Gasteiger partial charge in [-0.15, -0.1) is 6.42 Å². The van der Waals surface area contributed by atoms with E-state index in [0.29, 0.717) is 28.5 Å². The first kappa shape index (κ1) is 27.0. The number of alkyl halides is 3. The summed E-state index contributed by atoms with van der Waals surface area (Å²) in [6, 6.07) is 5.42. The highest BCUT2D eigenvalue weighted by atomic mass is 32.2. The van der Waals surface area contributed by atoms with E-state index in [9.17, 15) is 22.7 Å². The fourth-order valence-electron chi connectivity index (χ4n) is 3.33. The molecule has 36 heavy (non-hydrogen) atoms. The van der Waals surface area contributed by atoms with Gasteiger partial charge < -0.3 is 20.9 Å². The highest BCUT2D eigenvalue weighted by Gasteiger charge is 2.51. The quantitative estimate of drug-likeness (QED) is 0.177. The standard InChI is InChI=1S/C23H22F4N6O2S/c1-4-9-35-17-12-31-18-16(33-17)7-8-30-19(18)32-14-5-6-15(24)13(10-14)11-22(2,36-21(28)29-3)20(34)23(25,26)27/h1,5-8,10,12,20,34H,9,11H2,2-3H3,(H2,28,29)(H,30,32)/t20-,22-/m1/s1. The van der Waals surface area contributed by atoms with Crippen molar-refractivity contribution in [1.82, 2.24) is 15.0 Å². The maximum absolute atomic E-state index is 14.7. The number of pyridine rings is 1. The van der Waals surface area contributed by atoms with E-state index in [2.05, 4.69) is 31.2 Å². The maximum Gasteiger partial charge on any atom is 0.415 e. The summed E-state index contributed by atoms with van der Waals surface area (Å²) >= 11 is 0.520. The van der Waals surface area contributed by atoms with Crippen LogP contribution >= 0.6 is 11.8 Å². The Morgan fingerprint density at radius 3 is 2.75 bits per heavy atom. The van der Waals surface area contributed by atoms with Crippen molar-refractivity contribution >= 4 is 39.5 Å². The second-order valence-corrected chi connectivity index (χ2v) is 9.31. The Balaban J connectivity index is 1.94. The van der Waals surface area contributed by atoms with E-state index in [-0.39, 0.29) is 29.0 Å². The Morgan fingerprint density at radius 1 is 1.33 bits per heavy atom. The molecule has 0 radical (unpaired) electrons. The summed E-state index contributed by atoms with van der Waals surface area (Å²) in [5, 5.41) is 12.9. The molecule has 3 rings (SSSR count). The molecule has 0 saturated carbocycles. The molecule has 1 aromatic carbocycles. The van der Waals surface area contributed by atoms with Crippen LogP contribution in [-0.4, -0.2) is 55.9 Å². The third kappa shape index (κ3) is 6.32. The van der Waals surface area contributed by atoms with Crippen molar-refractivity contribution in [2.24, 2.45) is 10.7 Å². The van der Waals surface area contributed by atoms with Crippen molar-refractivity contribution in [3.63, 3.8) is 0 Å². The molecule has 0 unspecified atom stereocenters. The van der Waals surface area contributed by atoms with Gasteiger partial charge in [-0.3, -0.25) is 4.99 Å². The molecular formula is C23H22F4N6O2S. The molecule has 0 bridgehead atoms. The van der Waals surface area contributed by atoms with Crippen LogP contribution < -0.4 is 15.8 Å². The Bertz CT molecular complexity index is 1310. The van der Waals surface area contributed by atoms with Crippen molar-refractivity contribution in [2.45, 2.75) is 30.4 Å². The van der Waals surface area contributed by atoms with Crippen LogP contribution in [0.15, 0.2) is 41.7 Å².